The number of methoxy groups -OCH3 is 1. The highest BCUT2D eigenvalue weighted by molar-refractivity contribution is 5.79. The van der Waals surface area contributed by atoms with Crippen molar-refractivity contribution in [2.75, 3.05) is 39.8 Å². The number of likely N-dealkylation sites (tertiary alicyclic amines) is 1. The second-order valence-corrected chi connectivity index (χ2v) is 6.67. The summed E-state index contributed by atoms with van der Waals surface area (Å²) in [5.74, 6) is 2.53. The molecular formula is C20H34N4O. The number of ether oxygens (including phenoxy) is 1. The molecular weight excluding hydrogens is 312 g/mol. The van der Waals surface area contributed by atoms with Crippen LogP contribution in [-0.2, 0) is 6.54 Å². The number of benzene rings is 1. The third-order valence-electron chi connectivity index (χ3n) is 4.75. The van der Waals surface area contributed by atoms with Gasteiger partial charge in [0.25, 0.3) is 0 Å². The minimum absolute atomic E-state index is 0.619. The summed E-state index contributed by atoms with van der Waals surface area (Å²) < 4.78 is 5.41. The molecule has 1 fully saturated rings. The van der Waals surface area contributed by atoms with E-state index >= 15 is 0 Å². The van der Waals surface area contributed by atoms with Gasteiger partial charge in [-0.1, -0.05) is 25.1 Å². The standard InChI is InChI=1S/C20H34N4O/c1-4-12-24-13-10-17(11-14-24)15-22-20(21-5-2)23-16-18-8-6-7-9-19(18)25-3/h6-9,17H,4-5,10-16H2,1-3H3,(H2,21,22,23). The zero-order chi connectivity index (χ0) is 17.9. The van der Waals surface area contributed by atoms with E-state index in [1.54, 1.807) is 7.11 Å². The first-order valence-corrected chi connectivity index (χ1v) is 9.63. The molecule has 0 bridgehead atoms. The van der Waals surface area contributed by atoms with E-state index in [0.717, 1.165) is 36.3 Å². The molecule has 0 aromatic heterocycles. The van der Waals surface area contributed by atoms with Gasteiger partial charge in [-0.15, -0.1) is 0 Å². The van der Waals surface area contributed by atoms with Crippen LogP contribution in [0.15, 0.2) is 29.3 Å². The zero-order valence-corrected chi connectivity index (χ0v) is 16.1. The van der Waals surface area contributed by atoms with Crippen molar-refractivity contribution in [3.63, 3.8) is 0 Å². The monoisotopic (exact) mass is 346 g/mol. The first-order valence-electron chi connectivity index (χ1n) is 9.63. The van der Waals surface area contributed by atoms with Crippen LogP contribution in [-0.4, -0.2) is 50.7 Å². The van der Waals surface area contributed by atoms with Crippen molar-refractivity contribution in [3.8, 4) is 5.75 Å². The quantitative estimate of drug-likeness (QED) is 0.561. The summed E-state index contributed by atoms with van der Waals surface area (Å²) in [6.45, 7) is 10.5. The van der Waals surface area contributed by atoms with Gasteiger partial charge in [-0.2, -0.15) is 0 Å². The predicted molar refractivity (Wildman–Crippen MR) is 105 cm³/mol. The Bertz CT molecular complexity index is 524. The average Bonchev–Trinajstić information content (AvgIpc) is 2.65. The summed E-state index contributed by atoms with van der Waals surface area (Å²) in [6, 6.07) is 8.06. The smallest absolute Gasteiger partial charge is 0.191 e. The minimum atomic E-state index is 0.619. The lowest BCUT2D eigenvalue weighted by Crippen LogP contribution is -2.43. The van der Waals surface area contributed by atoms with Crippen LogP contribution in [0.2, 0.25) is 0 Å². The van der Waals surface area contributed by atoms with Crippen molar-refractivity contribution in [1.82, 2.24) is 15.5 Å². The maximum absolute atomic E-state index is 5.41. The van der Waals surface area contributed by atoms with Gasteiger partial charge < -0.3 is 20.3 Å². The topological polar surface area (TPSA) is 48.9 Å². The molecule has 1 aromatic carbocycles. The Morgan fingerprint density at radius 1 is 1.20 bits per heavy atom. The van der Waals surface area contributed by atoms with E-state index in [9.17, 15) is 0 Å². The molecule has 1 heterocycles. The highest BCUT2D eigenvalue weighted by Gasteiger charge is 2.18. The van der Waals surface area contributed by atoms with Gasteiger partial charge in [0.1, 0.15) is 5.75 Å². The lowest BCUT2D eigenvalue weighted by Gasteiger charge is -2.32. The van der Waals surface area contributed by atoms with E-state index in [4.69, 9.17) is 9.73 Å². The molecule has 0 atom stereocenters. The van der Waals surface area contributed by atoms with Crippen LogP contribution in [0, 0.1) is 5.92 Å². The first kappa shape index (κ1) is 19.6. The average molecular weight is 347 g/mol. The molecule has 0 radical (unpaired) electrons. The predicted octanol–water partition coefficient (Wildman–Crippen LogP) is 2.87. The molecule has 25 heavy (non-hydrogen) atoms. The van der Waals surface area contributed by atoms with Gasteiger partial charge in [-0.25, -0.2) is 4.99 Å². The summed E-state index contributed by atoms with van der Waals surface area (Å²) in [7, 11) is 1.71. The Morgan fingerprint density at radius 3 is 2.64 bits per heavy atom. The molecule has 5 nitrogen and oxygen atoms in total. The van der Waals surface area contributed by atoms with Crippen molar-refractivity contribution in [2.24, 2.45) is 10.9 Å². The van der Waals surface area contributed by atoms with Crippen molar-refractivity contribution < 1.29 is 4.74 Å². The Balaban J connectivity index is 1.84. The Hall–Kier alpha value is -1.75. The van der Waals surface area contributed by atoms with E-state index in [-0.39, 0.29) is 0 Å². The van der Waals surface area contributed by atoms with Gasteiger partial charge in [0.2, 0.25) is 0 Å². The Labute approximate surface area is 152 Å². The van der Waals surface area contributed by atoms with Crippen LogP contribution in [0.5, 0.6) is 5.75 Å². The third kappa shape index (κ3) is 6.58. The Kier molecular flexibility index (Phi) is 8.60. The van der Waals surface area contributed by atoms with E-state index < -0.39 is 0 Å². The molecule has 0 aliphatic carbocycles. The second-order valence-electron chi connectivity index (χ2n) is 6.67. The van der Waals surface area contributed by atoms with Crippen LogP contribution in [0.4, 0.5) is 0 Å². The molecule has 0 amide bonds. The van der Waals surface area contributed by atoms with E-state index in [1.165, 1.54) is 38.9 Å². The van der Waals surface area contributed by atoms with Crippen LogP contribution < -0.4 is 15.4 Å². The molecule has 0 saturated carbocycles. The fraction of sp³-hybridized carbons (Fsp3) is 0.650. The summed E-state index contributed by atoms with van der Waals surface area (Å²) in [6.07, 6.45) is 3.81. The van der Waals surface area contributed by atoms with Crippen LogP contribution in [0.25, 0.3) is 0 Å². The SMILES string of the molecule is CCCN1CCC(CNC(=NCc2ccccc2OC)NCC)CC1. The first-order chi connectivity index (χ1) is 12.3. The van der Waals surface area contributed by atoms with Gasteiger partial charge in [-0.3, -0.25) is 0 Å². The van der Waals surface area contributed by atoms with Gasteiger partial charge in [0.05, 0.1) is 13.7 Å². The number of nitrogens with one attached hydrogen (secondary N) is 2. The molecule has 5 heteroatoms. The normalized spacial score (nSPS) is 16.7. The number of hydrogen-bond acceptors (Lipinski definition) is 3. The molecule has 2 N–H and O–H groups in total. The lowest BCUT2D eigenvalue weighted by atomic mass is 9.97. The zero-order valence-electron chi connectivity index (χ0n) is 16.1. The fourth-order valence-electron chi connectivity index (χ4n) is 3.31. The van der Waals surface area contributed by atoms with Crippen LogP contribution >= 0.6 is 0 Å². The van der Waals surface area contributed by atoms with E-state index in [1.807, 2.05) is 18.2 Å². The fourth-order valence-corrected chi connectivity index (χ4v) is 3.31. The van der Waals surface area contributed by atoms with Gasteiger partial charge in [-0.05, 0) is 57.8 Å². The van der Waals surface area contributed by atoms with Gasteiger partial charge in [0.15, 0.2) is 5.96 Å². The van der Waals surface area contributed by atoms with E-state index in [2.05, 4.69) is 35.4 Å². The molecule has 1 aliphatic rings. The number of guanidine groups is 1. The summed E-state index contributed by atoms with van der Waals surface area (Å²) in [4.78, 5) is 7.31. The van der Waals surface area contributed by atoms with Crippen molar-refractivity contribution in [2.45, 2.75) is 39.7 Å². The van der Waals surface area contributed by atoms with Crippen molar-refractivity contribution >= 4 is 5.96 Å². The number of aliphatic imine (C=N–C) groups is 1. The number of hydrogen-bond donors (Lipinski definition) is 2. The number of para-hydroxylation sites is 1. The van der Waals surface area contributed by atoms with E-state index in [0.29, 0.717) is 6.54 Å². The maximum atomic E-state index is 5.41. The van der Waals surface area contributed by atoms with Crippen molar-refractivity contribution in [3.05, 3.63) is 29.8 Å². The molecule has 2 rings (SSSR count). The maximum Gasteiger partial charge on any atom is 0.191 e. The molecule has 1 aliphatic heterocycles. The van der Waals surface area contributed by atoms with Crippen LogP contribution in [0.3, 0.4) is 0 Å². The number of piperidine rings is 1. The second kappa shape index (κ2) is 11.0. The molecule has 1 saturated heterocycles. The number of rotatable bonds is 8. The van der Waals surface area contributed by atoms with Gasteiger partial charge >= 0.3 is 0 Å². The lowest BCUT2D eigenvalue weighted by molar-refractivity contribution is 0.185. The third-order valence-corrected chi connectivity index (χ3v) is 4.75. The highest BCUT2D eigenvalue weighted by atomic mass is 16.5. The molecule has 1 aromatic rings. The largest absolute Gasteiger partial charge is 0.496 e. The molecule has 140 valence electrons. The summed E-state index contributed by atoms with van der Waals surface area (Å²) >= 11 is 0. The highest BCUT2D eigenvalue weighted by Crippen LogP contribution is 2.18. The Morgan fingerprint density at radius 2 is 1.96 bits per heavy atom. The summed E-state index contributed by atoms with van der Waals surface area (Å²) in [5.41, 5.74) is 1.11. The molecule has 0 unspecified atom stereocenters. The van der Waals surface area contributed by atoms with Gasteiger partial charge in [0, 0.05) is 18.7 Å². The van der Waals surface area contributed by atoms with Crippen LogP contribution in [0.1, 0.15) is 38.7 Å². The van der Waals surface area contributed by atoms with Crippen molar-refractivity contribution in [1.29, 1.82) is 0 Å². The minimum Gasteiger partial charge on any atom is -0.496 e. The summed E-state index contributed by atoms with van der Waals surface area (Å²) in [5, 5.41) is 6.87. The molecule has 0 spiro atoms. The number of nitrogens with zero attached hydrogens (tertiary/aromatic N) is 2.